The van der Waals surface area contributed by atoms with Crippen LogP contribution in [0.1, 0.15) is 0 Å². The van der Waals surface area contributed by atoms with E-state index in [9.17, 15) is 0 Å². The number of benzene rings is 12. The van der Waals surface area contributed by atoms with Gasteiger partial charge in [0.2, 0.25) is 0 Å². The van der Waals surface area contributed by atoms with Gasteiger partial charge in [-0.2, -0.15) is 0 Å². The Hall–Kier alpha value is -9.44. The molecule has 3 heteroatoms. The molecule has 13 rings (SSSR count). The molecule has 0 spiro atoms. The fourth-order valence-electron chi connectivity index (χ4n) is 10.6. The molecule has 12 aromatic carbocycles. The molecule has 0 aliphatic heterocycles. The van der Waals surface area contributed by atoms with Gasteiger partial charge in [0.1, 0.15) is 11.2 Å². The first-order valence-corrected chi connectivity index (χ1v) is 24.2. The molecular formula is C68H46N2O. The Bertz CT molecular complexity index is 3750. The van der Waals surface area contributed by atoms with Gasteiger partial charge in [-0.05, 0) is 80.6 Å². The Morgan fingerprint density at radius 2 is 0.521 bits per heavy atom. The van der Waals surface area contributed by atoms with Gasteiger partial charge in [-0.15, -0.1) is 0 Å². The minimum Gasteiger partial charge on any atom is -0.456 e. The number of rotatable bonds is 10. The Labute approximate surface area is 413 Å². The summed E-state index contributed by atoms with van der Waals surface area (Å²) in [6.45, 7) is 0. The van der Waals surface area contributed by atoms with Crippen LogP contribution < -0.4 is 9.80 Å². The van der Waals surface area contributed by atoms with Crippen LogP contribution in [-0.2, 0) is 0 Å². The zero-order valence-electron chi connectivity index (χ0n) is 38.9. The van der Waals surface area contributed by atoms with Crippen LogP contribution in [0.4, 0.5) is 34.1 Å². The summed E-state index contributed by atoms with van der Waals surface area (Å²) in [5, 5.41) is 6.71. The van der Waals surface area contributed by atoms with Crippen molar-refractivity contribution in [1.82, 2.24) is 0 Å². The van der Waals surface area contributed by atoms with E-state index in [1.165, 1.54) is 22.3 Å². The summed E-state index contributed by atoms with van der Waals surface area (Å²) >= 11 is 0. The lowest BCUT2D eigenvalue weighted by molar-refractivity contribution is 0.669. The van der Waals surface area contributed by atoms with Gasteiger partial charge < -0.3 is 14.2 Å². The van der Waals surface area contributed by atoms with Crippen molar-refractivity contribution in [2.45, 2.75) is 0 Å². The first kappa shape index (κ1) is 41.7. The predicted octanol–water partition coefficient (Wildman–Crippen LogP) is 19.5. The maximum atomic E-state index is 7.32. The highest BCUT2D eigenvalue weighted by molar-refractivity contribution is 6.30. The molecule has 3 nitrogen and oxygen atoms in total. The first-order valence-electron chi connectivity index (χ1n) is 24.2. The van der Waals surface area contributed by atoms with Crippen LogP contribution in [0.15, 0.2) is 283 Å². The standard InChI is InChI=1S/C68H46N2O/c1-5-21-47(22-6-1)49-37-41-53(42-38-49)69(61-35-19-17-29-55(61)51-25-9-3-10-26-51)63-45-65-67(59-33-15-13-31-57(59)63)68-60-34-16-14-32-58(60)64(46-66(68)71-65)70(54-43-39-50(40-44-54)48-23-7-2-8-24-48)62-36-20-18-30-56(62)52-27-11-4-12-28-52/h1-46H. The van der Waals surface area contributed by atoms with Crippen LogP contribution in [-0.4, -0.2) is 0 Å². The van der Waals surface area contributed by atoms with Crippen molar-refractivity contribution >= 4 is 77.6 Å². The quantitative estimate of drug-likeness (QED) is 0.136. The highest BCUT2D eigenvalue weighted by Gasteiger charge is 2.26. The van der Waals surface area contributed by atoms with Crippen LogP contribution in [0.3, 0.4) is 0 Å². The van der Waals surface area contributed by atoms with E-state index in [1.54, 1.807) is 0 Å². The SMILES string of the molecule is c1ccc(-c2ccc(N(c3ccccc3-c3ccccc3)c3cc4oc5cc(N(c6ccc(-c7ccccc7)cc6)c6ccccc6-c6ccccc6)c6ccccc6c5c4c4ccccc34)cc2)cc1. The van der Waals surface area contributed by atoms with Gasteiger partial charge in [0, 0.05) is 56.2 Å². The lowest BCUT2D eigenvalue weighted by Gasteiger charge is -2.29. The van der Waals surface area contributed by atoms with E-state index in [1.807, 2.05) is 0 Å². The molecule has 0 aliphatic carbocycles. The number of hydrogen-bond donors (Lipinski definition) is 0. The topological polar surface area (TPSA) is 19.6 Å². The number of hydrogen-bond acceptors (Lipinski definition) is 3. The van der Waals surface area contributed by atoms with Crippen molar-refractivity contribution in [3.63, 3.8) is 0 Å². The zero-order valence-corrected chi connectivity index (χ0v) is 38.9. The maximum absolute atomic E-state index is 7.32. The Kier molecular flexibility index (Phi) is 10.5. The van der Waals surface area contributed by atoms with E-state index in [0.717, 1.165) is 99.9 Å². The average Bonchev–Trinajstić information content (AvgIpc) is 3.84. The van der Waals surface area contributed by atoms with Gasteiger partial charge in [-0.25, -0.2) is 0 Å². The summed E-state index contributed by atoms with van der Waals surface area (Å²) in [5.74, 6) is 0. The van der Waals surface area contributed by atoms with Gasteiger partial charge in [-0.1, -0.05) is 231 Å². The van der Waals surface area contributed by atoms with Crippen LogP contribution in [0.25, 0.3) is 88.0 Å². The molecule has 0 N–H and O–H groups in total. The molecular weight excluding hydrogens is 861 g/mol. The molecule has 0 atom stereocenters. The monoisotopic (exact) mass is 906 g/mol. The van der Waals surface area contributed by atoms with E-state index in [2.05, 4.69) is 289 Å². The van der Waals surface area contributed by atoms with E-state index in [0.29, 0.717) is 0 Å². The molecule has 0 amide bonds. The van der Waals surface area contributed by atoms with E-state index >= 15 is 0 Å². The molecule has 0 saturated carbocycles. The Morgan fingerprint density at radius 1 is 0.225 bits per heavy atom. The molecule has 0 unspecified atom stereocenters. The van der Waals surface area contributed by atoms with Gasteiger partial charge in [0.25, 0.3) is 0 Å². The molecule has 13 aromatic rings. The summed E-state index contributed by atoms with van der Waals surface area (Å²) in [5.41, 5.74) is 17.2. The third-order valence-corrected chi connectivity index (χ3v) is 13.8. The highest BCUT2D eigenvalue weighted by Crippen LogP contribution is 2.51. The molecule has 0 aliphatic rings. The molecule has 0 radical (unpaired) electrons. The number of furan rings is 1. The molecule has 0 bridgehead atoms. The minimum absolute atomic E-state index is 0.822. The second-order valence-corrected chi connectivity index (χ2v) is 18.0. The lowest BCUT2D eigenvalue weighted by Crippen LogP contribution is -2.12. The van der Waals surface area contributed by atoms with Crippen LogP contribution in [0.2, 0.25) is 0 Å². The van der Waals surface area contributed by atoms with Crippen LogP contribution >= 0.6 is 0 Å². The van der Waals surface area contributed by atoms with Crippen molar-refractivity contribution in [2.75, 3.05) is 9.80 Å². The molecule has 334 valence electrons. The van der Waals surface area contributed by atoms with Gasteiger partial charge in [0.05, 0.1) is 22.7 Å². The fourth-order valence-corrected chi connectivity index (χ4v) is 10.6. The van der Waals surface area contributed by atoms with Crippen LogP contribution in [0, 0.1) is 0 Å². The molecule has 71 heavy (non-hydrogen) atoms. The smallest absolute Gasteiger partial charge is 0.138 e. The maximum Gasteiger partial charge on any atom is 0.138 e. The molecule has 1 aromatic heterocycles. The Morgan fingerprint density at radius 3 is 0.901 bits per heavy atom. The summed E-state index contributed by atoms with van der Waals surface area (Å²) in [7, 11) is 0. The normalized spacial score (nSPS) is 11.4. The first-order chi connectivity index (χ1) is 35.2. The number of nitrogens with zero attached hydrogens (tertiary/aromatic N) is 2. The number of anilines is 6. The second kappa shape index (κ2) is 17.9. The van der Waals surface area contributed by atoms with Crippen LogP contribution in [0.5, 0.6) is 0 Å². The van der Waals surface area contributed by atoms with Gasteiger partial charge >= 0.3 is 0 Å². The molecule has 0 fully saturated rings. The Balaban J connectivity index is 1.06. The highest BCUT2D eigenvalue weighted by atomic mass is 16.3. The third kappa shape index (κ3) is 7.49. The predicted molar refractivity (Wildman–Crippen MR) is 300 cm³/mol. The molecule has 0 saturated heterocycles. The van der Waals surface area contributed by atoms with E-state index < -0.39 is 0 Å². The minimum atomic E-state index is 0.822. The lowest BCUT2D eigenvalue weighted by atomic mass is 9.95. The third-order valence-electron chi connectivity index (χ3n) is 13.8. The summed E-state index contributed by atoms with van der Waals surface area (Å²) < 4.78 is 7.32. The zero-order chi connectivity index (χ0) is 47.1. The van der Waals surface area contributed by atoms with E-state index in [4.69, 9.17) is 4.42 Å². The number of para-hydroxylation sites is 2. The fraction of sp³-hybridized carbons (Fsp3) is 0. The van der Waals surface area contributed by atoms with Gasteiger partial charge in [0.15, 0.2) is 0 Å². The summed E-state index contributed by atoms with van der Waals surface area (Å²) in [6.07, 6.45) is 0. The average molecular weight is 907 g/mol. The van der Waals surface area contributed by atoms with Crippen molar-refractivity contribution in [3.8, 4) is 44.5 Å². The van der Waals surface area contributed by atoms with E-state index in [-0.39, 0.29) is 0 Å². The largest absolute Gasteiger partial charge is 0.456 e. The van der Waals surface area contributed by atoms with Gasteiger partial charge in [-0.3, -0.25) is 0 Å². The van der Waals surface area contributed by atoms with Crippen molar-refractivity contribution in [3.05, 3.63) is 279 Å². The summed E-state index contributed by atoms with van der Waals surface area (Å²) in [6, 6.07) is 100. The summed E-state index contributed by atoms with van der Waals surface area (Å²) in [4.78, 5) is 4.83. The number of fused-ring (bicyclic) bond motifs is 7. The van der Waals surface area contributed by atoms with Crippen molar-refractivity contribution in [1.29, 1.82) is 0 Å². The molecule has 1 heterocycles. The van der Waals surface area contributed by atoms with Crippen molar-refractivity contribution < 1.29 is 4.42 Å². The second-order valence-electron chi connectivity index (χ2n) is 18.0. The van der Waals surface area contributed by atoms with Crippen molar-refractivity contribution in [2.24, 2.45) is 0 Å².